The molecule has 6 rings (SSSR count). The molecule has 0 atom stereocenters. The number of hydrogen-bond donors (Lipinski definition) is 0. The van der Waals surface area contributed by atoms with Crippen LogP contribution in [0.5, 0.6) is 23.0 Å². The van der Waals surface area contributed by atoms with Gasteiger partial charge in [-0.3, -0.25) is 5.04 Å². The molecule has 0 N–H and O–H groups in total. The number of benzene rings is 6. The number of ether oxygens (including phenoxy) is 2. The van der Waals surface area contributed by atoms with Crippen LogP contribution in [0.1, 0.15) is 0 Å². The van der Waals surface area contributed by atoms with Gasteiger partial charge in [-0.1, -0.05) is 0 Å². The molecule has 0 saturated carbocycles. The standard InChI is InChI=1S/C32H14F8O14S4.4Na/c33-23-21(24(34)28(38)31(27(23)37)51-19-9-13(55-54-53-41)5-11-6-14(56(42,43)44)1-3-17(11)19)22-25(35)29(39)32(30(40)26(22)36)52-20-10-16(58(48,49)50)8-12-7-15(57(45,46)47)2-4-18(12)20;;;;/h1-10,41H,(H,42,43,44)(H,45,46,47)(H,48,49,50);;;;/q;4*+1/p-4. The molecule has 306 valence electrons. The van der Waals surface area contributed by atoms with Gasteiger partial charge in [0.05, 0.1) is 37.9 Å². The Morgan fingerprint density at radius 2 is 0.790 bits per heavy atom. The maximum Gasteiger partial charge on any atom is 1.00 e. The van der Waals surface area contributed by atoms with Gasteiger partial charge in [-0.05, 0) is 71.4 Å². The Kier molecular flexibility index (Phi) is 19.9. The van der Waals surface area contributed by atoms with Crippen molar-refractivity contribution in [2.75, 3.05) is 0 Å². The molecular formula is C32H10F8Na4O14S4. The van der Waals surface area contributed by atoms with Crippen LogP contribution >= 0.6 is 12.0 Å². The number of halogens is 8. The van der Waals surface area contributed by atoms with E-state index in [1.807, 2.05) is 0 Å². The first-order valence-electron chi connectivity index (χ1n) is 14.7. The summed E-state index contributed by atoms with van der Waals surface area (Å²) in [6, 6.07) is 6.66. The zero-order valence-electron chi connectivity index (χ0n) is 31.1. The molecule has 0 aromatic heterocycles. The Morgan fingerprint density at radius 3 is 1.15 bits per heavy atom. The Hall–Kier alpha value is -1.16. The first kappa shape index (κ1) is 57.0. The topological polar surface area (TPSA) is 232 Å². The second-order valence-corrected chi connectivity index (χ2v) is 16.2. The van der Waals surface area contributed by atoms with Gasteiger partial charge in [0.15, 0.2) is 23.3 Å². The molecule has 0 amide bonds. The third kappa shape index (κ3) is 11.5. The van der Waals surface area contributed by atoms with E-state index in [2.05, 4.69) is 9.37 Å². The van der Waals surface area contributed by atoms with Crippen LogP contribution in [0, 0.1) is 46.5 Å². The average Bonchev–Trinajstić information content (AvgIpc) is 3.15. The van der Waals surface area contributed by atoms with Gasteiger partial charge < -0.3 is 28.4 Å². The van der Waals surface area contributed by atoms with Gasteiger partial charge >= 0.3 is 118 Å². The van der Waals surface area contributed by atoms with Crippen molar-refractivity contribution in [2.24, 2.45) is 0 Å². The van der Waals surface area contributed by atoms with Gasteiger partial charge in [0.25, 0.3) is 0 Å². The predicted molar refractivity (Wildman–Crippen MR) is 172 cm³/mol. The van der Waals surface area contributed by atoms with Gasteiger partial charge in [-0.15, -0.1) is 0 Å². The molecule has 6 aromatic rings. The summed E-state index contributed by atoms with van der Waals surface area (Å²) in [6.45, 7) is 0. The first-order valence-corrected chi connectivity index (χ1v) is 19.6. The number of fused-ring (bicyclic) bond motifs is 2. The molecule has 0 fully saturated rings. The summed E-state index contributed by atoms with van der Waals surface area (Å²) in [5.74, 6) is -27.5. The molecule has 0 saturated heterocycles. The number of hydrogen-bond acceptors (Lipinski definition) is 15. The van der Waals surface area contributed by atoms with Gasteiger partial charge in [-0.25, -0.2) is 42.8 Å². The van der Waals surface area contributed by atoms with Crippen molar-refractivity contribution in [1.82, 2.24) is 0 Å². The second-order valence-electron chi connectivity index (χ2n) is 11.3. The second kappa shape index (κ2) is 21.6. The van der Waals surface area contributed by atoms with E-state index in [1.165, 1.54) is 0 Å². The summed E-state index contributed by atoms with van der Waals surface area (Å²) in [5, 5.41) is 11.8. The molecule has 0 aliphatic carbocycles. The Bertz CT molecular complexity index is 3040. The third-order valence-corrected chi connectivity index (χ3v) is 10.9. The summed E-state index contributed by atoms with van der Waals surface area (Å²) < 4.78 is 242. The summed E-state index contributed by atoms with van der Waals surface area (Å²) in [7, 11) is -15.9. The molecule has 0 bridgehead atoms. The van der Waals surface area contributed by atoms with E-state index < -0.39 is 136 Å². The van der Waals surface area contributed by atoms with Crippen molar-refractivity contribution in [1.29, 1.82) is 0 Å². The van der Waals surface area contributed by atoms with E-state index in [-0.39, 0.29) is 152 Å². The summed E-state index contributed by atoms with van der Waals surface area (Å²) in [6.07, 6.45) is 0. The fourth-order valence-corrected chi connectivity index (χ4v) is 7.33. The normalized spacial score (nSPS) is 11.6. The van der Waals surface area contributed by atoms with Gasteiger partial charge in [-0.2, -0.15) is 21.9 Å². The summed E-state index contributed by atoms with van der Waals surface area (Å²) in [4.78, 5) is -3.42. The van der Waals surface area contributed by atoms with Crippen molar-refractivity contribution >= 4 is 63.9 Å². The molecule has 0 spiro atoms. The zero-order valence-corrected chi connectivity index (χ0v) is 42.4. The Labute approximate surface area is 435 Å². The Balaban J connectivity index is 0.00000331. The molecule has 6 aromatic carbocycles. The largest absolute Gasteiger partial charge is 1.00 e. The van der Waals surface area contributed by atoms with Crippen LogP contribution in [-0.2, 0) is 39.7 Å². The van der Waals surface area contributed by atoms with Crippen molar-refractivity contribution in [3.8, 4) is 34.1 Å². The minimum absolute atomic E-state index is 0. The van der Waals surface area contributed by atoms with Crippen LogP contribution in [0.2, 0.25) is 0 Å². The molecule has 0 heterocycles. The Morgan fingerprint density at radius 1 is 0.452 bits per heavy atom. The first-order chi connectivity index (χ1) is 26.9. The maximum absolute atomic E-state index is 15.6. The van der Waals surface area contributed by atoms with Gasteiger partial charge in [0.1, 0.15) is 41.9 Å². The van der Waals surface area contributed by atoms with Crippen molar-refractivity contribution in [2.45, 2.75) is 19.6 Å². The molecule has 0 aliphatic rings. The summed E-state index contributed by atoms with van der Waals surface area (Å²) >= 11 is 0.0821. The molecule has 14 nitrogen and oxygen atoms in total. The molecule has 30 heteroatoms. The SMILES string of the molecule is O=S(=O)([O-])c1ccc2c(Oc3c(F)c(F)c(-c4c(F)c(F)c(Oc5cc(S(=O)(=O)[O-])cc6cc(S(=O)(=O)[O-])ccc56)c(F)c4F)c(F)c3F)cc(SOO[O-])cc2c1.[Na+].[Na+].[Na+].[Na+]. The van der Waals surface area contributed by atoms with E-state index in [1.54, 1.807) is 0 Å². The van der Waals surface area contributed by atoms with E-state index in [0.29, 0.717) is 36.4 Å². The predicted octanol–water partition coefficient (Wildman–Crippen LogP) is -5.68. The zero-order chi connectivity index (χ0) is 42.8. The fourth-order valence-electron chi connectivity index (χ4n) is 5.36. The van der Waals surface area contributed by atoms with E-state index >= 15 is 35.1 Å². The minimum Gasteiger partial charge on any atom is -0.744 e. The molecule has 0 aliphatic heterocycles. The average molecular weight is 991 g/mol. The quantitative estimate of drug-likeness (QED) is 0.0224. The van der Waals surface area contributed by atoms with Crippen LogP contribution in [0.15, 0.2) is 80.2 Å². The summed E-state index contributed by atoms with van der Waals surface area (Å²) in [5.41, 5.74) is -4.80. The van der Waals surface area contributed by atoms with Crippen molar-refractivity contribution < 1.29 is 216 Å². The van der Waals surface area contributed by atoms with Crippen molar-refractivity contribution in [3.05, 3.63) is 107 Å². The van der Waals surface area contributed by atoms with Crippen LogP contribution < -0.4 is 133 Å². The molecule has 62 heavy (non-hydrogen) atoms. The van der Waals surface area contributed by atoms with Gasteiger partial charge in [0.2, 0.25) is 34.8 Å². The van der Waals surface area contributed by atoms with Gasteiger partial charge in [0, 0.05) is 15.7 Å². The fraction of sp³-hybridized carbons (Fsp3) is 0. The van der Waals surface area contributed by atoms with Crippen LogP contribution in [0.3, 0.4) is 0 Å². The monoisotopic (exact) mass is 990 g/mol. The van der Waals surface area contributed by atoms with Crippen LogP contribution in [0.25, 0.3) is 32.7 Å². The minimum atomic E-state index is -5.52. The van der Waals surface area contributed by atoms with Crippen LogP contribution in [0.4, 0.5) is 35.1 Å². The molecular weight excluding hydrogens is 981 g/mol. The van der Waals surface area contributed by atoms with Crippen LogP contribution in [-0.4, -0.2) is 38.9 Å². The third-order valence-electron chi connectivity index (χ3n) is 7.86. The van der Waals surface area contributed by atoms with E-state index in [9.17, 15) is 44.2 Å². The smallest absolute Gasteiger partial charge is 0.744 e. The van der Waals surface area contributed by atoms with E-state index in [0.717, 1.165) is 18.2 Å². The molecule has 0 unspecified atom stereocenters. The maximum atomic E-state index is 15.6. The van der Waals surface area contributed by atoms with Crippen molar-refractivity contribution in [3.63, 3.8) is 0 Å². The molecule has 0 radical (unpaired) electrons. The number of rotatable bonds is 11. The van der Waals surface area contributed by atoms with E-state index in [4.69, 9.17) is 9.47 Å².